The second kappa shape index (κ2) is 4.47. The number of aliphatic hydroxyl groups is 1. The Balaban J connectivity index is 1.81. The van der Waals surface area contributed by atoms with Gasteiger partial charge in [-0.3, -0.25) is 4.79 Å². The molecule has 2 atom stereocenters. The molecule has 0 aliphatic carbocycles. The summed E-state index contributed by atoms with van der Waals surface area (Å²) in [5, 5.41) is 21.5. The number of anilines is 1. The van der Waals surface area contributed by atoms with Crippen molar-refractivity contribution in [3.63, 3.8) is 0 Å². The van der Waals surface area contributed by atoms with Crippen LogP contribution in [-0.4, -0.2) is 51.3 Å². The average molecular weight is 268 g/mol. The predicted molar refractivity (Wildman–Crippen MR) is 67.7 cm³/mol. The van der Waals surface area contributed by atoms with Crippen LogP contribution in [0.3, 0.4) is 0 Å². The van der Waals surface area contributed by atoms with Crippen LogP contribution in [0.4, 0.5) is 5.13 Å². The first-order valence-electron chi connectivity index (χ1n) is 6.21. The summed E-state index contributed by atoms with van der Waals surface area (Å²) < 4.78 is 0. The number of rotatable bonds is 2. The van der Waals surface area contributed by atoms with Gasteiger partial charge < -0.3 is 15.3 Å². The molecule has 2 fully saturated rings. The van der Waals surface area contributed by atoms with E-state index in [2.05, 4.69) is 15.5 Å². The smallest absolute Gasteiger partial charge is 0.285 e. The molecule has 2 aliphatic heterocycles. The van der Waals surface area contributed by atoms with Crippen molar-refractivity contribution in [2.24, 2.45) is 0 Å². The Hall–Kier alpha value is -1.21. The van der Waals surface area contributed by atoms with Crippen LogP contribution in [0.5, 0.6) is 0 Å². The molecule has 1 aromatic rings. The van der Waals surface area contributed by atoms with Crippen molar-refractivity contribution in [1.29, 1.82) is 0 Å². The Morgan fingerprint density at radius 1 is 1.39 bits per heavy atom. The molecule has 0 spiro atoms. The Labute approximate surface area is 109 Å². The molecule has 18 heavy (non-hydrogen) atoms. The molecule has 3 heterocycles. The summed E-state index contributed by atoms with van der Waals surface area (Å²) in [4.78, 5) is 14.3. The predicted octanol–water partition coefficient (Wildman–Crippen LogP) is 0.708. The molecule has 0 radical (unpaired) electrons. The van der Waals surface area contributed by atoms with Gasteiger partial charge in [-0.2, -0.15) is 0 Å². The van der Waals surface area contributed by atoms with E-state index in [9.17, 15) is 9.90 Å². The molecule has 6 nitrogen and oxygen atoms in total. The number of nitrogens with zero attached hydrogens (tertiary/aromatic N) is 3. The van der Waals surface area contributed by atoms with Gasteiger partial charge in [0.05, 0.1) is 6.10 Å². The van der Waals surface area contributed by atoms with Crippen LogP contribution in [0, 0.1) is 0 Å². The van der Waals surface area contributed by atoms with Gasteiger partial charge in [0.1, 0.15) is 0 Å². The monoisotopic (exact) mass is 268 g/mol. The third kappa shape index (κ3) is 1.87. The fourth-order valence-electron chi connectivity index (χ4n) is 3.00. The van der Waals surface area contributed by atoms with Crippen LogP contribution < -0.4 is 5.32 Å². The minimum absolute atomic E-state index is 0.0339. The second-order valence-corrected chi connectivity index (χ2v) is 5.86. The molecule has 2 unspecified atom stereocenters. The highest BCUT2D eigenvalue weighted by molar-refractivity contribution is 7.17. The van der Waals surface area contributed by atoms with E-state index in [1.165, 1.54) is 11.3 Å². The van der Waals surface area contributed by atoms with E-state index >= 15 is 0 Å². The lowest BCUT2D eigenvalue weighted by Crippen LogP contribution is -2.48. The molecule has 2 N–H and O–H groups in total. The number of hydrogen-bond donors (Lipinski definition) is 2. The molecule has 1 aromatic heterocycles. The maximum atomic E-state index is 12.4. The lowest BCUT2D eigenvalue weighted by atomic mass is 10.00. The van der Waals surface area contributed by atoms with Gasteiger partial charge in [-0.1, -0.05) is 11.3 Å². The minimum Gasteiger partial charge on any atom is -0.393 e. The molecule has 1 amide bonds. The number of amides is 1. The summed E-state index contributed by atoms with van der Waals surface area (Å²) in [6.45, 7) is 0. The summed E-state index contributed by atoms with van der Waals surface area (Å²) in [5.74, 6) is -0.0339. The number of aromatic nitrogens is 2. The molecular weight excluding hydrogens is 252 g/mol. The van der Waals surface area contributed by atoms with E-state index < -0.39 is 0 Å². The van der Waals surface area contributed by atoms with Gasteiger partial charge in [0, 0.05) is 19.1 Å². The van der Waals surface area contributed by atoms with Crippen molar-refractivity contribution < 1.29 is 9.90 Å². The lowest BCUT2D eigenvalue weighted by Gasteiger charge is -2.36. The Kier molecular flexibility index (Phi) is 2.95. The van der Waals surface area contributed by atoms with Crippen molar-refractivity contribution in [3.8, 4) is 0 Å². The first-order chi connectivity index (χ1) is 8.69. The highest BCUT2D eigenvalue weighted by atomic mass is 32.1. The number of fused-ring (bicyclic) bond motifs is 2. The van der Waals surface area contributed by atoms with Gasteiger partial charge in [0.2, 0.25) is 10.1 Å². The van der Waals surface area contributed by atoms with Gasteiger partial charge in [-0.25, -0.2) is 0 Å². The number of carbonyl (C=O) groups is 1. The molecule has 0 aromatic carbocycles. The molecule has 0 saturated carbocycles. The molecule has 2 saturated heterocycles. The quantitative estimate of drug-likeness (QED) is 0.826. The summed E-state index contributed by atoms with van der Waals surface area (Å²) in [5.41, 5.74) is 0. The van der Waals surface area contributed by atoms with Crippen LogP contribution in [0.15, 0.2) is 0 Å². The van der Waals surface area contributed by atoms with Crippen LogP contribution >= 0.6 is 11.3 Å². The lowest BCUT2D eigenvalue weighted by molar-refractivity contribution is 0.0286. The molecule has 2 aliphatic rings. The standard InChI is InChI=1S/C11H16N4O2S/c1-12-11-14-13-9(18-11)10(17)15-6-2-3-7(15)5-8(16)4-6/h6-8,16H,2-5H2,1H3,(H,12,14). The van der Waals surface area contributed by atoms with Crippen LogP contribution in [0.1, 0.15) is 35.5 Å². The number of aliphatic hydroxyl groups excluding tert-OH is 1. The number of carbonyl (C=O) groups excluding carboxylic acids is 1. The third-order valence-corrected chi connectivity index (χ3v) is 4.69. The van der Waals surface area contributed by atoms with Crippen molar-refractivity contribution in [2.45, 2.75) is 43.9 Å². The summed E-state index contributed by atoms with van der Waals surface area (Å²) in [7, 11) is 1.76. The summed E-state index contributed by atoms with van der Waals surface area (Å²) in [6, 6.07) is 0.348. The first kappa shape index (κ1) is 11.9. The van der Waals surface area contributed by atoms with Crippen molar-refractivity contribution in [1.82, 2.24) is 15.1 Å². The van der Waals surface area contributed by atoms with Gasteiger partial charge in [0.25, 0.3) is 5.91 Å². The van der Waals surface area contributed by atoms with E-state index in [1.807, 2.05) is 4.90 Å². The summed E-state index contributed by atoms with van der Waals surface area (Å²) >= 11 is 1.28. The second-order valence-electron chi connectivity index (χ2n) is 4.89. The fourth-order valence-corrected chi connectivity index (χ4v) is 3.64. The third-order valence-electron chi connectivity index (χ3n) is 3.76. The highest BCUT2D eigenvalue weighted by Gasteiger charge is 2.43. The van der Waals surface area contributed by atoms with Crippen molar-refractivity contribution in [3.05, 3.63) is 5.01 Å². The SMILES string of the molecule is CNc1nnc(C(=O)N2C3CCC2CC(O)C3)s1. The van der Waals surface area contributed by atoms with Crippen LogP contribution in [0.2, 0.25) is 0 Å². The zero-order valence-electron chi connectivity index (χ0n) is 10.2. The normalized spacial score (nSPS) is 30.6. The van der Waals surface area contributed by atoms with Gasteiger partial charge in [-0.15, -0.1) is 10.2 Å². The van der Waals surface area contributed by atoms with E-state index in [1.54, 1.807) is 7.05 Å². The summed E-state index contributed by atoms with van der Waals surface area (Å²) in [6.07, 6.45) is 3.12. The van der Waals surface area contributed by atoms with Gasteiger partial charge in [0.15, 0.2) is 0 Å². The maximum absolute atomic E-state index is 12.4. The Bertz CT molecular complexity index is 450. The van der Waals surface area contributed by atoms with Crippen molar-refractivity contribution >= 4 is 22.4 Å². The van der Waals surface area contributed by atoms with E-state index in [0.717, 1.165) is 12.8 Å². The number of hydrogen-bond acceptors (Lipinski definition) is 6. The molecule has 7 heteroatoms. The number of piperidine rings is 1. The van der Waals surface area contributed by atoms with Gasteiger partial charge >= 0.3 is 0 Å². The van der Waals surface area contributed by atoms with E-state index in [4.69, 9.17) is 0 Å². The topological polar surface area (TPSA) is 78.4 Å². The molecule has 2 bridgehead atoms. The molecule has 3 rings (SSSR count). The van der Waals surface area contributed by atoms with Crippen LogP contribution in [0.25, 0.3) is 0 Å². The van der Waals surface area contributed by atoms with E-state index in [-0.39, 0.29) is 24.1 Å². The van der Waals surface area contributed by atoms with Crippen molar-refractivity contribution in [2.75, 3.05) is 12.4 Å². The Morgan fingerprint density at radius 3 is 2.61 bits per heavy atom. The van der Waals surface area contributed by atoms with Crippen LogP contribution in [-0.2, 0) is 0 Å². The minimum atomic E-state index is -0.256. The van der Waals surface area contributed by atoms with Gasteiger partial charge in [-0.05, 0) is 25.7 Å². The average Bonchev–Trinajstić information content (AvgIpc) is 2.92. The number of nitrogens with one attached hydrogen (secondary N) is 1. The molecule has 98 valence electrons. The first-order valence-corrected chi connectivity index (χ1v) is 7.02. The maximum Gasteiger partial charge on any atom is 0.285 e. The largest absolute Gasteiger partial charge is 0.393 e. The fraction of sp³-hybridized carbons (Fsp3) is 0.727. The van der Waals surface area contributed by atoms with E-state index in [0.29, 0.717) is 23.0 Å². The molecular formula is C11H16N4O2S. The Morgan fingerprint density at radius 2 is 2.06 bits per heavy atom. The zero-order valence-corrected chi connectivity index (χ0v) is 11.0. The highest BCUT2D eigenvalue weighted by Crippen LogP contribution is 2.37. The zero-order chi connectivity index (χ0) is 12.7.